The first-order valence-corrected chi connectivity index (χ1v) is 6.54. The van der Waals surface area contributed by atoms with E-state index in [0.29, 0.717) is 18.0 Å². The largest absolute Gasteiger partial charge is 0.495 e. The molecule has 0 radical (unpaired) electrons. The number of unbranched alkanes of at least 4 members (excludes halogenated alkanes) is 2. The van der Waals surface area contributed by atoms with Crippen LogP contribution in [0.5, 0.6) is 5.75 Å². The van der Waals surface area contributed by atoms with Crippen molar-refractivity contribution in [2.75, 3.05) is 19.0 Å². The number of benzene rings is 1. The molecule has 0 aliphatic heterocycles. The summed E-state index contributed by atoms with van der Waals surface area (Å²) in [5, 5.41) is 14.2. The Balaban J connectivity index is 2.67. The lowest BCUT2D eigenvalue weighted by Gasteiger charge is -2.11. The van der Waals surface area contributed by atoms with Crippen LogP contribution in [0.25, 0.3) is 0 Å². The van der Waals surface area contributed by atoms with Crippen LogP contribution in [0.15, 0.2) is 18.2 Å². The Morgan fingerprint density at radius 1 is 1.30 bits per heavy atom. The average Bonchev–Trinajstić information content (AvgIpc) is 2.43. The van der Waals surface area contributed by atoms with E-state index in [0.717, 1.165) is 19.3 Å². The van der Waals surface area contributed by atoms with Gasteiger partial charge in [0.1, 0.15) is 5.75 Å². The smallest absolute Gasteiger partial charge is 0.335 e. The number of carboxylic acids is 1. The molecule has 6 nitrogen and oxygen atoms in total. The molecule has 2 amide bonds. The number of hydrogen-bond acceptors (Lipinski definition) is 3. The van der Waals surface area contributed by atoms with Crippen LogP contribution in [0.1, 0.15) is 36.5 Å². The van der Waals surface area contributed by atoms with Gasteiger partial charge in [0.2, 0.25) is 0 Å². The Morgan fingerprint density at radius 3 is 2.65 bits per heavy atom. The van der Waals surface area contributed by atoms with E-state index in [1.165, 1.54) is 25.3 Å². The fourth-order valence-corrected chi connectivity index (χ4v) is 1.68. The number of urea groups is 1. The second-order valence-electron chi connectivity index (χ2n) is 4.31. The first kappa shape index (κ1) is 15.8. The number of amides is 2. The van der Waals surface area contributed by atoms with Crippen molar-refractivity contribution in [2.24, 2.45) is 0 Å². The van der Waals surface area contributed by atoms with Crippen molar-refractivity contribution >= 4 is 17.7 Å². The number of carbonyl (C=O) groups excluding carboxylic acids is 1. The molecular weight excluding hydrogens is 260 g/mol. The number of anilines is 1. The molecule has 0 saturated heterocycles. The van der Waals surface area contributed by atoms with Gasteiger partial charge in [0.05, 0.1) is 18.4 Å². The van der Waals surface area contributed by atoms with Gasteiger partial charge in [-0.25, -0.2) is 9.59 Å². The molecule has 0 aliphatic carbocycles. The molecule has 0 aliphatic rings. The van der Waals surface area contributed by atoms with Gasteiger partial charge in [-0.2, -0.15) is 0 Å². The van der Waals surface area contributed by atoms with Crippen molar-refractivity contribution < 1.29 is 19.4 Å². The number of nitrogens with one attached hydrogen (secondary N) is 2. The van der Waals surface area contributed by atoms with E-state index in [4.69, 9.17) is 9.84 Å². The molecule has 0 aromatic heterocycles. The van der Waals surface area contributed by atoms with Gasteiger partial charge >= 0.3 is 12.0 Å². The zero-order valence-electron chi connectivity index (χ0n) is 11.7. The number of ether oxygens (including phenoxy) is 1. The third kappa shape index (κ3) is 4.79. The minimum atomic E-state index is -1.06. The maximum Gasteiger partial charge on any atom is 0.335 e. The van der Waals surface area contributed by atoms with E-state index in [2.05, 4.69) is 17.6 Å². The van der Waals surface area contributed by atoms with E-state index in [-0.39, 0.29) is 11.6 Å². The van der Waals surface area contributed by atoms with Crippen molar-refractivity contribution in [3.05, 3.63) is 23.8 Å². The third-order valence-corrected chi connectivity index (χ3v) is 2.76. The monoisotopic (exact) mass is 280 g/mol. The number of carbonyl (C=O) groups is 2. The second-order valence-corrected chi connectivity index (χ2v) is 4.31. The summed E-state index contributed by atoms with van der Waals surface area (Å²) in [5.41, 5.74) is 0.424. The Morgan fingerprint density at radius 2 is 2.05 bits per heavy atom. The van der Waals surface area contributed by atoms with Gasteiger partial charge in [-0.05, 0) is 24.6 Å². The predicted molar refractivity (Wildman–Crippen MR) is 76.5 cm³/mol. The Labute approximate surface area is 118 Å². The zero-order valence-corrected chi connectivity index (χ0v) is 11.7. The summed E-state index contributed by atoms with van der Waals surface area (Å²) < 4.78 is 5.09. The van der Waals surface area contributed by atoms with Crippen LogP contribution < -0.4 is 15.4 Å². The topological polar surface area (TPSA) is 87.7 Å². The van der Waals surface area contributed by atoms with Gasteiger partial charge in [-0.3, -0.25) is 0 Å². The summed E-state index contributed by atoms with van der Waals surface area (Å²) in [5.74, 6) is -0.641. The molecule has 6 heteroatoms. The highest BCUT2D eigenvalue weighted by Gasteiger charge is 2.11. The van der Waals surface area contributed by atoms with Crippen molar-refractivity contribution in [2.45, 2.75) is 26.2 Å². The van der Waals surface area contributed by atoms with Crippen LogP contribution in [-0.4, -0.2) is 30.8 Å². The number of rotatable bonds is 7. The molecule has 0 bridgehead atoms. The summed E-state index contributed by atoms with van der Waals surface area (Å²) in [6.45, 7) is 2.67. The first-order chi connectivity index (χ1) is 9.58. The molecule has 0 fully saturated rings. The van der Waals surface area contributed by atoms with Crippen LogP contribution in [0.2, 0.25) is 0 Å². The molecule has 20 heavy (non-hydrogen) atoms. The van der Waals surface area contributed by atoms with E-state index in [9.17, 15) is 9.59 Å². The van der Waals surface area contributed by atoms with E-state index < -0.39 is 5.97 Å². The van der Waals surface area contributed by atoms with Crippen molar-refractivity contribution in [3.63, 3.8) is 0 Å². The van der Waals surface area contributed by atoms with Gasteiger partial charge in [0, 0.05) is 6.54 Å². The quantitative estimate of drug-likeness (QED) is 0.670. The molecule has 3 N–H and O–H groups in total. The fourth-order valence-electron chi connectivity index (χ4n) is 1.68. The molecule has 1 aromatic carbocycles. The minimum Gasteiger partial charge on any atom is -0.495 e. The van der Waals surface area contributed by atoms with Crippen LogP contribution in [0.4, 0.5) is 10.5 Å². The fraction of sp³-hybridized carbons (Fsp3) is 0.429. The summed E-state index contributed by atoms with van der Waals surface area (Å²) >= 11 is 0. The van der Waals surface area contributed by atoms with E-state index in [1.54, 1.807) is 0 Å². The molecule has 0 heterocycles. The average molecular weight is 280 g/mol. The summed E-state index contributed by atoms with van der Waals surface area (Å²) in [4.78, 5) is 22.6. The van der Waals surface area contributed by atoms with Gasteiger partial charge in [0.25, 0.3) is 0 Å². The maximum atomic E-state index is 11.7. The van der Waals surface area contributed by atoms with Crippen LogP contribution in [0.3, 0.4) is 0 Å². The molecular formula is C14H20N2O4. The second kappa shape index (κ2) is 8.04. The molecule has 110 valence electrons. The molecule has 0 unspecified atom stereocenters. The first-order valence-electron chi connectivity index (χ1n) is 6.54. The Bertz CT molecular complexity index is 474. The number of carboxylic acid groups (broad SMARTS) is 1. The lowest BCUT2D eigenvalue weighted by atomic mass is 10.2. The highest BCUT2D eigenvalue weighted by atomic mass is 16.5. The van der Waals surface area contributed by atoms with E-state index in [1.807, 2.05) is 0 Å². The van der Waals surface area contributed by atoms with Crippen molar-refractivity contribution in [3.8, 4) is 5.75 Å². The molecule has 0 atom stereocenters. The summed E-state index contributed by atoms with van der Waals surface area (Å²) in [7, 11) is 1.46. The molecule has 1 aromatic rings. The number of hydrogen-bond donors (Lipinski definition) is 3. The van der Waals surface area contributed by atoms with Crippen molar-refractivity contribution in [1.29, 1.82) is 0 Å². The predicted octanol–water partition coefficient (Wildman–Crippen LogP) is 2.71. The van der Waals surface area contributed by atoms with Gasteiger partial charge in [-0.1, -0.05) is 19.8 Å². The van der Waals surface area contributed by atoms with Gasteiger partial charge in [0.15, 0.2) is 0 Å². The van der Waals surface area contributed by atoms with Crippen molar-refractivity contribution in [1.82, 2.24) is 5.32 Å². The normalized spacial score (nSPS) is 9.90. The van der Waals surface area contributed by atoms with Gasteiger partial charge in [-0.15, -0.1) is 0 Å². The van der Waals surface area contributed by atoms with Crippen LogP contribution >= 0.6 is 0 Å². The molecule has 0 saturated carbocycles. The molecule has 1 rings (SSSR count). The Hall–Kier alpha value is -2.24. The molecule has 0 spiro atoms. The SMILES string of the molecule is CCCCCNC(=O)Nc1cc(C(=O)O)ccc1OC. The summed E-state index contributed by atoms with van der Waals surface area (Å²) in [6, 6.07) is 3.93. The minimum absolute atomic E-state index is 0.0899. The number of aromatic carboxylic acids is 1. The highest BCUT2D eigenvalue weighted by molar-refractivity contribution is 5.94. The maximum absolute atomic E-state index is 11.7. The summed E-state index contributed by atoms with van der Waals surface area (Å²) in [6.07, 6.45) is 3.05. The Kier molecular flexibility index (Phi) is 6.36. The number of methoxy groups -OCH3 is 1. The lowest BCUT2D eigenvalue weighted by molar-refractivity contribution is 0.0697. The van der Waals surface area contributed by atoms with Crippen LogP contribution in [0, 0.1) is 0 Å². The van der Waals surface area contributed by atoms with Crippen LogP contribution in [-0.2, 0) is 0 Å². The van der Waals surface area contributed by atoms with E-state index >= 15 is 0 Å². The van der Waals surface area contributed by atoms with Gasteiger partial charge < -0.3 is 20.5 Å². The highest BCUT2D eigenvalue weighted by Crippen LogP contribution is 2.25. The zero-order chi connectivity index (χ0) is 15.0. The standard InChI is InChI=1S/C14H20N2O4/c1-3-4-5-8-15-14(19)16-11-9-10(13(17)18)6-7-12(11)20-2/h6-7,9H,3-5,8H2,1-2H3,(H,17,18)(H2,15,16,19). The lowest BCUT2D eigenvalue weighted by Crippen LogP contribution is -2.29. The third-order valence-electron chi connectivity index (χ3n) is 2.76.